The Labute approximate surface area is 135 Å². The van der Waals surface area contributed by atoms with E-state index in [-0.39, 0.29) is 0 Å². The second kappa shape index (κ2) is 7.56. The summed E-state index contributed by atoms with van der Waals surface area (Å²) in [5.41, 5.74) is 0. The largest absolute Gasteiger partial charge is 0.492 e. The van der Waals surface area contributed by atoms with Crippen LogP contribution >= 0.6 is 11.6 Å². The summed E-state index contributed by atoms with van der Waals surface area (Å²) in [4.78, 5) is 8.15. The van der Waals surface area contributed by atoms with Gasteiger partial charge in [-0.05, 0) is 31.8 Å². The molecule has 2 aromatic rings. The third-order valence-electron chi connectivity index (χ3n) is 4.00. The molecule has 1 aliphatic rings. The number of halogens is 1. The van der Waals surface area contributed by atoms with E-state index in [9.17, 15) is 0 Å². The molecule has 3 rings (SSSR count). The van der Waals surface area contributed by atoms with E-state index in [2.05, 4.69) is 20.1 Å². The van der Waals surface area contributed by atoms with Crippen molar-refractivity contribution in [2.45, 2.75) is 19.4 Å². The van der Waals surface area contributed by atoms with Gasteiger partial charge in [0.25, 0.3) is 0 Å². The Balaban J connectivity index is 1.37. The molecule has 0 bridgehead atoms. The molecule has 118 valence electrons. The standard InChI is InChI=1S/C15H20ClN5O/c16-14-11-17-4-1-15(14)22-12-13-2-7-20(8-3-13)9-10-21-18-5-6-19-21/h1,4-6,11,13H,2-3,7-10,12H2. The van der Waals surface area contributed by atoms with Crippen molar-refractivity contribution in [3.8, 4) is 5.75 Å². The Hall–Kier alpha value is -1.66. The lowest BCUT2D eigenvalue weighted by atomic mass is 9.98. The van der Waals surface area contributed by atoms with Gasteiger partial charge in [0.2, 0.25) is 0 Å². The lowest BCUT2D eigenvalue weighted by Crippen LogP contribution is -2.37. The van der Waals surface area contributed by atoms with Crippen molar-refractivity contribution in [3.63, 3.8) is 0 Å². The van der Waals surface area contributed by atoms with Crippen LogP contribution < -0.4 is 4.74 Å². The van der Waals surface area contributed by atoms with Crippen molar-refractivity contribution in [3.05, 3.63) is 35.9 Å². The van der Waals surface area contributed by atoms with Gasteiger partial charge in [-0.15, -0.1) is 0 Å². The van der Waals surface area contributed by atoms with E-state index in [1.54, 1.807) is 29.6 Å². The Morgan fingerprint density at radius 3 is 2.64 bits per heavy atom. The van der Waals surface area contributed by atoms with Crippen LogP contribution in [-0.4, -0.2) is 51.1 Å². The van der Waals surface area contributed by atoms with Crippen molar-refractivity contribution in [1.29, 1.82) is 0 Å². The number of hydrogen-bond donors (Lipinski definition) is 0. The molecule has 0 unspecified atom stereocenters. The van der Waals surface area contributed by atoms with E-state index >= 15 is 0 Å². The summed E-state index contributed by atoms with van der Waals surface area (Å²) >= 11 is 6.05. The summed E-state index contributed by atoms with van der Waals surface area (Å²) in [6.45, 7) is 4.76. The highest BCUT2D eigenvalue weighted by atomic mass is 35.5. The molecule has 1 aliphatic heterocycles. The van der Waals surface area contributed by atoms with Gasteiger partial charge >= 0.3 is 0 Å². The zero-order valence-corrected chi connectivity index (χ0v) is 13.2. The topological polar surface area (TPSA) is 56.1 Å². The minimum Gasteiger partial charge on any atom is -0.492 e. The SMILES string of the molecule is Clc1cnccc1OCC1CCN(CCn2nccn2)CC1. The maximum atomic E-state index is 6.05. The fourth-order valence-corrected chi connectivity index (χ4v) is 2.83. The van der Waals surface area contributed by atoms with E-state index in [1.807, 2.05) is 6.07 Å². The molecule has 2 aromatic heterocycles. The average molecular weight is 322 g/mol. The second-order valence-corrected chi connectivity index (χ2v) is 5.93. The zero-order chi connectivity index (χ0) is 15.2. The van der Waals surface area contributed by atoms with E-state index in [4.69, 9.17) is 16.3 Å². The summed E-state index contributed by atoms with van der Waals surface area (Å²) in [7, 11) is 0. The maximum Gasteiger partial charge on any atom is 0.141 e. The molecule has 1 fully saturated rings. The number of likely N-dealkylation sites (tertiary alicyclic amines) is 1. The molecule has 0 aliphatic carbocycles. The lowest BCUT2D eigenvalue weighted by molar-refractivity contribution is 0.136. The minimum absolute atomic E-state index is 0.576. The molecular weight excluding hydrogens is 302 g/mol. The van der Waals surface area contributed by atoms with E-state index in [1.165, 1.54) is 0 Å². The first-order valence-corrected chi connectivity index (χ1v) is 7.98. The molecule has 0 atom stereocenters. The quantitative estimate of drug-likeness (QED) is 0.815. The summed E-state index contributed by atoms with van der Waals surface area (Å²) in [6, 6.07) is 1.81. The predicted octanol–water partition coefficient (Wildman–Crippen LogP) is 2.12. The summed E-state index contributed by atoms with van der Waals surface area (Å²) in [5.74, 6) is 1.31. The Morgan fingerprint density at radius 1 is 1.14 bits per heavy atom. The smallest absolute Gasteiger partial charge is 0.141 e. The van der Waals surface area contributed by atoms with E-state index in [0.29, 0.717) is 10.9 Å². The van der Waals surface area contributed by atoms with E-state index < -0.39 is 0 Å². The van der Waals surface area contributed by atoms with Gasteiger partial charge in [-0.25, -0.2) is 0 Å². The molecule has 0 saturated carbocycles. The zero-order valence-electron chi connectivity index (χ0n) is 12.4. The van der Waals surface area contributed by atoms with Gasteiger partial charge in [-0.3, -0.25) is 4.98 Å². The fourth-order valence-electron chi connectivity index (χ4n) is 2.65. The Kier molecular flexibility index (Phi) is 5.24. The van der Waals surface area contributed by atoms with Crippen molar-refractivity contribution in [1.82, 2.24) is 24.9 Å². The van der Waals surface area contributed by atoms with Gasteiger partial charge in [0.05, 0.1) is 25.5 Å². The molecule has 0 amide bonds. The number of piperidine rings is 1. The molecule has 0 aromatic carbocycles. The number of hydrogen-bond acceptors (Lipinski definition) is 5. The van der Waals surface area contributed by atoms with E-state index in [0.717, 1.165) is 51.4 Å². The number of ether oxygens (including phenoxy) is 1. The first-order chi connectivity index (χ1) is 10.8. The number of rotatable bonds is 6. The molecular formula is C15H20ClN5O. The van der Waals surface area contributed by atoms with Crippen LogP contribution in [0.25, 0.3) is 0 Å². The van der Waals surface area contributed by atoms with Gasteiger partial charge in [-0.1, -0.05) is 11.6 Å². The molecule has 22 heavy (non-hydrogen) atoms. The molecule has 0 spiro atoms. The fraction of sp³-hybridized carbons (Fsp3) is 0.533. The first-order valence-electron chi connectivity index (χ1n) is 7.60. The number of pyridine rings is 1. The van der Waals surface area contributed by atoms with Crippen LogP contribution in [0.1, 0.15) is 12.8 Å². The average Bonchev–Trinajstić information content (AvgIpc) is 3.07. The third kappa shape index (κ3) is 4.18. The summed E-state index contributed by atoms with van der Waals surface area (Å²) in [5, 5.41) is 8.83. The van der Waals surface area contributed by atoms with Crippen molar-refractivity contribution in [2.24, 2.45) is 5.92 Å². The second-order valence-electron chi connectivity index (χ2n) is 5.53. The molecule has 0 radical (unpaired) electrons. The highest BCUT2D eigenvalue weighted by Gasteiger charge is 2.20. The van der Waals surface area contributed by atoms with Gasteiger partial charge in [0.15, 0.2) is 0 Å². The Morgan fingerprint density at radius 2 is 1.91 bits per heavy atom. The van der Waals surface area contributed by atoms with Crippen molar-refractivity contribution in [2.75, 3.05) is 26.2 Å². The number of nitrogens with zero attached hydrogens (tertiary/aromatic N) is 5. The van der Waals surface area contributed by atoms with Gasteiger partial charge < -0.3 is 9.64 Å². The summed E-state index contributed by atoms with van der Waals surface area (Å²) < 4.78 is 5.82. The molecule has 1 saturated heterocycles. The van der Waals surface area contributed by atoms with Crippen LogP contribution in [0, 0.1) is 5.92 Å². The normalized spacial score (nSPS) is 16.8. The van der Waals surface area contributed by atoms with Gasteiger partial charge in [0.1, 0.15) is 10.8 Å². The molecule has 7 heteroatoms. The van der Waals surface area contributed by atoms with Crippen LogP contribution in [0.5, 0.6) is 5.75 Å². The van der Waals surface area contributed by atoms with Crippen molar-refractivity contribution >= 4 is 11.6 Å². The lowest BCUT2D eigenvalue weighted by Gasteiger charge is -2.31. The highest BCUT2D eigenvalue weighted by molar-refractivity contribution is 6.31. The first kappa shape index (κ1) is 15.2. The summed E-state index contributed by atoms with van der Waals surface area (Å²) in [6.07, 6.45) is 9.04. The minimum atomic E-state index is 0.576. The van der Waals surface area contributed by atoms with Crippen LogP contribution in [0.15, 0.2) is 30.9 Å². The van der Waals surface area contributed by atoms with Gasteiger partial charge in [-0.2, -0.15) is 15.0 Å². The van der Waals surface area contributed by atoms with Gasteiger partial charge in [0, 0.05) is 25.0 Å². The van der Waals surface area contributed by atoms with Crippen LogP contribution in [0.3, 0.4) is 0 Å². The van der Waals surface area contributed by atoms with Crippen LogP contribution in [0.4, 0.5) is 0 Å². The van der Waals surface area contributed by atoms with Crippen molar-refractivity contribution < 1.29 is 4.74 Å². The Bertz CT molecular complexity index is 569. The monoisotopic (exact) mass is 321 g/mol. The molecule has 0 N–H and O–H groups in total. The molecule has 6 nitrogen and oxygen atoms in total. The predicted molar refractivity (Wildman–Crippen MR) is 83.9 cm³/mol. The maximum absolute atomic E-state index is 6.05. The number of aromatic nitrogens is 4. The highest BCUT2D eigenvalue weighted by Crippen LogP contribution is 2.24. The van der Waals surface area contributed by atoms with Crippen LogP contribution in [0.2, 0.25) is 5.02 Å². The molecule has 3 heterocycles. The van der Waals surface area contributed by atoms with Crippen LogP contribution in [-0.2, 0) is 6.54 Å². The third-order valence-corrected chi connectivity index (χ3v) is 4.28.